The average Bonchev–Trinajstić information content (AvgIpc) is 2.29. The molecule has 2 heterocycles. The average molecular weight is 207 g/mol. The Kier molecular flexibility index (Phi) is 3.28. The van der Waals surface area contributed by atoms with E-state index in [2.05, 4.69) is 9.97 Å². The Labute approximate surface area is 89.9 Å². The van der Waals surface area contributed by atoms with Crippen molar-refractivity contribution in [3.05, 3.63) is 23.3 Å². The molecule has 0 unspecified atom stereocenters. The molecule has 0 aromatic carbocycles. The molecule has 0 amide bonds. The van der Waals surface area contributed by atoms with E-state index in [9.17, 15) is 0 Å². The molecule has 1 aliphatic heterocycles. The van der Waals surface area contributed by atoms with Gasteiger partial charge in [-0.25, -0.2) is 9.97 Å². The van der Waals surface area contributed by atoms with Crippen molar-refractivity contribution >= 4 is 0 Å². The monoisotopic (exact) mass is 207 g/mol. The van der Waals surface area contributed by atoms with Gasteiger partial charge in [0.15, 0.2) is 0 Å². The van der Waals surface area contributed by atoms with Crippen LogP contribution in [0.3, 0.4) is 0 Å². The highest BCUT2D eigenvalue weighted by Crippen LogP contribution is 2.24. The molecule has 82 valence electrons. The van der Waals surface area contributed by atoms with Gasteiger partial charge >= 0.3 is 0 Å². The van der Waals surface area contributed by atoms with E-state index < -0.39 is 0 Å². The Morgan fingerprint density at radius 1 is 1.40 bits per heavy atom. The number of hydrogen-bond acceptors (Lipinski definition) is 4. The standard InChI is InChI=1S/C11H17N3O/c1-8-6-10(7-12)14-11(13-8)9-2-4-15-5-3-9/h6,9H,2-5,7,12H2,1H3. The summed E-state index contributed by atoms with van der Waals surface area (Å²) >= 11 is 0. The van der Waals surface area contributed by atoms with Crippen LogP contribution >= 0.6 is 0 Å². The zero-order valence-electron chi connectivity index (χ0n) is 9.07. The lowest BCUT2D eigenvalue weighted by Gasteiger charge is -2.21. The van der Waals surface area contributed by atoms with E-state index in [1.165, 1.54) is 0 Å². The van der Waals surface area contributed by atoms with Gasteiger partial charge in [-0.05, 0) is 25.8 Å². The van der Waals surface area contributed by atoms with Crippen LogP contribution in [0, 0.1) is 6.92 Å². The second kappa shape index (κ2) is 4.68. The van der Waals surface area contributed by atoms with Crippen molar-refractivity contribution in [2.24, 2.45) is 5.73 Å². The summed E-state index contributed by atoms with van der Waals surface area (Å²) in [5.41, 5.74) is 7.54. The minimum atomic E-state index is 0.448. The van der Waals surface area contributed by atoms with E-state index in [0.717, 1.165) is 43.3 Å². The first-order valence-corrected chi connectivity index (χ1v) is 5.42. The van der Waals surface area contributed by atoms with Crippen molar-refractivity contribution in [2.45, 2.75) is 32.2 Å². The van der Waals surface area contributed by atoms with Crippen LogP contribution in [-0.4, -0.2) is 23.2 Å². The van der Waals surface area contributed by atoms with Crippen molar-refractivity contribution in [3.63, 3.8) is 0 Å². The van der Waals surface area contributed by atoms with Gasteiger partial charge in [-0.15, -0.1) is 0 Å². The fraction of sp³-hybridized carbons (Fsp3) is 0.636. The lowest BCUT2D eigenvalue weighted by molar-refractivity contribution is 0.0835. The molecule has 1 saturated heterocycles. The minimum Gasteiger partial charge on any atom is -0.381 e. The molecular formula is C11H17N3O. The number of ether oxygens (including phenoxy) is 1. The fourth-order valence-corrected chi connectivity index (χ4v) is 1.90. The van der Waals surface area contributed by atoms with E-state index in [4.69, 9.17) is 10.5 Å². The molecule has 1 aromatic heterocycles. The van der Waals surface area contributed by atoms with Crippen LogP contribution in [0.4, 0.5) is 0 Å². The van der Waals surface area contributed by atoms with Crippen LogP contribution in [0.5, 0.6) is 0 Å². The third kappa shape index (κ3) is 2.52. The predicted molar refractivity (Wildman–Crippen MR) is 57.5 cm³/mol. The van der Waals surface area contributed by atoms with Gasteiger partial charge in [-0.3, -0.25) is 0 Å². The molecule has 1 fully saturated rings. The van der Waals surface area contributed by atoms with Gasteiger partial charge in [0.25, 0.3) is 0 Å². The van der Waals surface area contributed by atoms with Crippen LogP contribution in [0.15, 0.2) is 6.07 Å². The molecule has 1 aliphatic rings. The summed E-state index contributed by atoms with van der Waals surface area (Å²) in [6.45, 7) is 4.11. The Balaban J connectivity index is 2.22. The molecule has 15 heavy (non-hydrogen) atoms. The highest BCUT2D eigenvalue weighted by Gasteiger charge is 2.19. The molecule has 4 nitrogen and oxygen atoms in total. The Morgan fingerprint density at radius 3 is 2.80 bits per heavy atom. The SMILES string of the molecule is Cc1cc(CN)nc(C2CCOCC2)n1. The number of rotatable bonds is 2. The first-order chi connectivity index (χ1) is 7.29. The van der Waals surface area contributed by atoms with Gasteiger partial charge in [0, 0.05) is 31.4 Å². The number of nitrogens with zero attached hydrogens (tertiary/aromatic N) is 2. The van der Waals surface area contributed by atoms with Crippen LogP contribution in [-0.2, 0) is 11.3 Å². The third-order valence-corrected chi connectivity index (χ3v) is 2.72. The highest BCUT2D eigenvalue weighted by atomic mass is 16.5. The summed E-state index contributed by atoms with van der Waals surface area (Å²) in [6, 6.07) is 1.95. The molecule has 0 atom stereocenters. The van der Waals surface area contributed by atoms with Crippen molar-refractivity contribution < 1.29 is 4.74 Å². The molecule has 4 heteroatoms. The highest BCUT2D eigenvalue weighted by molar-refractivity contribution is 5.12. The van der Waals surface area contributed by atoms with E-state index in [0.29, 0.717) is 12.5 Å². The van der Waals surface area contributed by atoms with Crippen LogP contribution in [0.25, 0.3) is 0 Å². The Morgan fingerprint density at radius 2 is 2.13 bits per heavy atom. The maximum absolute atomic E-state index is 5.60. The fourth-order valence-electron chi connectivity index (χ4n) is 1.90. The topological polar surface area (TPSA) is 61.0 Å². The Hall–Kier alpha value is -1.00. The molecule has 0 bridgehead atoms. The van der Waals surface area contributed by atoms with E-state index >= 15 is 0 Å². The molecule has 0 spiro atoms. The summed E-state index contributed by atoms with van der Waals surface area (Å²) in [4.78, 5) is 8.97. The van der Waals surface area contributed by atoms with Crippen LogP contribution < -0.4 is 5.73 Å². The van der Waals surface area contributed by atoms with E-state index in [1.807, 2.05) is 13.0 Å². The molecular weight excluding hydrogens is 190 g/mol. The van der Waals surface area contributed by atoms with Crippen molar-refractivity contribution in [2.75, 3.05) is 13.2 Å². The second-order valence-electron chi connectivity index (χ2n) is 3.95. The van der Waals surface area contributed by atoms with Crippen molar-refractivity contribution in [1.29, 1.82) is 0 Å². The summed E-state index contributed by atoms with van der Waals surface area (Å²) in [7, 11) is 0. The molecule has 2 N–H and O–H groups in total. The van der Waals surface area contributed by atoms with Gasteiger partial charge in [0.2, 0.25) is 0 Å². The van der Waals surface area contributed by atoms with E-state index in [-0.39, 0.29) is 0 Å². The number of nitrogens with two attached hydrogens (primary N) is 1. The number of aromatic nitrogens is 2. The van der Waals surface area contributed by atoms with Gasteiger partial charge in [0.1, 0.15) is 5.82 Å². The van der Waals surface area contributed by atoms with Crippen LogP contribution in [0.2, 0.25) is 0 Å². The lowest BCUT2D eigenvalue weighted by Crippen LogP contribution is -2.17. The largest absolute Gasteiger partial charge is 0.381 e. The molecule has 1 aromatic rings. The summed E-state index contributed by atoms with van der Waals surface area (Å²) < 4.78 is 5.33. The molecule has 0 radical (unpaired) electrons. The van der Waals surface area contributed by atoms with Gasteiger partial charge in [-0.2, -0.15) is 0 Å². The quantitative estimate of drug-likeness (QED) is 0.790. The molecule has 0 saturated carbocycles. The first kappa shape index (κ1) is 10.5. The summed E-state index contributed by atoms with van der Waals surface area (Å²) in [6.07, 6.45) is 2.04. The predicted octanol–water partition coefficient (Wildman–Crippen LogP) is 1.14. The maximum Gasteiger partial charge on any atom is 0.132 e. The first-order valence-electron chi connectivity index (χ1n) is 5.42. The normalized spacial score (nSPS) is 18.0. The second-order valence-corrected chi connectivity index (χ2v) is 3.95. The van der Waals surface area contributed by atoms with Crippen LogP contribution in [0.1, 0.15) is 36.0 Å². The lowest BCUT2D eigenvalue weighted by atomic mass is 9.99. The van der Waals surface area contributed by atoms with Crippen molar-refractivity contribution in [3.8, 4) is 0 Å². The number of aryl methyl sites for hydroxylation is 1. The molecule has 0 aliphatic carbocycles. The zero-order valence-corrected chi connectivity index (χ0v) is 9.07. The molecule has 2 rings (SSSR count). The van der Waals surface area contributed by atoms with Gasteiger partial charge in [-0.1, -0.05) is 0 Å². The number of hydrogen-bond donors (Lipinski definition) is 1. The minimum absolute atomic E-state index is 0.448. The summed E-state index contributed by atoms with van der Waals surface area (Å²) in [5.74, 6) is 1.39. The Bertz CT molecular complexity index is 335. The smallest absolute Gasteiger partial charge is 0.132 e. The van der Waals surface area contributed by atoms with Gasteiger partial charge < -0.3 is 10.5 Å². The van der Waals surface area contributed by atoms with Gasteiger partial charge in [0.05, 0.1) is 5.69 Å². The van der Waals surface area contributed by atoms with Crippen molar-refractivity contribution in [1.82, 2.24) is 9.97 Å². The summed E-state index contributed by atoms with van der Waals surface area (Å²) in [5, 5.41) is 0. The third-order valence-electron chi connectivity index (χ3n) is 2.72. The maximum atomic E-state index is 5.60. The van der Waals surface area contributed by atoms with E-state index in [1.54, 1.807) is 0 Å². The zero-order chi connectivity index (χ0) is 10.7.